The molecular weight excluding hydrogens is 230 g/mol. The minimum absolute atomic E-state index is 0.628. The molecule has 0 aliphatic heterocycles. The molecule has 90 valence electrons. The average molecular weight is 247 g/mol. The zero-order valence-electron chi connectivity index (χ0n) is 10.2. The van der Waals surface area contributed by atoms with Gasteiger partial charge in [0.2, 0.25) is 0 Å². The van der Waals surface area contributed by atoms with E-state index in [2.05, 4.69) is 28.5 Å². The Kier molecular flexibility index (Phi) is 4.34. The quantitative estimate of drug-likeness (QED) is 0.881. The minimum atomic E-state index is 0.628. The lowest BCUT2D eigenvalue weighted by Crippen LogP contribution is -2.22. The van der Waals surface area contributed by atoms with Crippen LogP contribution in [0.5, 0.6) is 0 Å². The second kappa shape index (κ2) is 5.98. The Morgan fingerprint density at radius 3 is 2.82 bits per heavy atom. The van der Waals surface area contributed by atoms with E-state index in [-0.39, 0.29) is 0 Å². The summed E-state index contributed by atoms with van der Waals surface area (Å²) in [5.74, 6) is 0. The molecule has 0 spiro atoms. The summed E-state index contributed by atoms with van der Waals surface area (Å²) in [7, 11) is 0. The molecule has 0 saturated heterocycles. The molecule has 1 unspecified atom stereocenters. The second-order valence-electron chi connectivity index (χ2n) is 4.03. The molecule has 1 aromatic carbocycles. The summed E-state index contributed by atoms with van der Waals surface area (Å²) >= 11 is 1.86. The maximum absolute atomic E-state index is 4.57. The van der Waals surface area contributed by atoms with Crippen molar-refractivity contribution in [2.45, 2.75) is 18.7 Å². The van der Waals surface area contributed by atoms with Gasteiger partial charge in [-0.3, -0.25) is 4.98 Å². The fraction of sp³-hybridized carbons (Fsp3) is 0.385. The van der Waals surface area contributed by atoms with E-state index < -0.39 is 0 Å². The molecule has 0 amide bonds. The number of fused-ring (bicyclic) bond motifs is 1. The predicted molar refractivity (Wildman–Crippen MR) is 74.2 cm³/mol. The summed E-state index contributed by atoms with van der Waals surface area (Å²) in [6.45, 7) is 3.99. The van der Waals surface area contributed by atoms with Gasteiger partial charge >= 0.3 is 0 Å². The van der Waals surface area contributed by atoms with Gasteiger partial charge < -0.3 is 5.32 Å². The maximum atomic E-state index is 4.57. The van der Waals surface area contributed by atoms with Crippen molar-refractivity contribution in [1.82, 2.24) is 15.3 Å². The van der Waals surface area contributed by atoms with Crippen molar-refractivity contribution in [3.8, 4) is 0 Å². The second-order valence-corrected chi connectivity index (χ2v) is 5.30. The summed E-state index contributed by atoms with van der Waals surface area (Å²) in [6, 6.07) is 7.95. The third-order valence-electron chi connectivity index (χ3n) is 2.64. The Labute approximate surface area is 106 Å². The molecular formula is C13H17N3S. The molecule has 1 atom stereocenters. The summed E-state index contributed by atoms with van der Waals surface area (Å²) in [5.41, 5.74) is 2.91. The molecule has 1 N–H and O–H groups in total. The number of hydrogen-bond acceptors (Lipinski definition) is 4. The van der Waals surface area contributed by atoms with E-state index >= 15 is 0 Å². The largest absolute Gasteiger partial charge is 0.310 e. The molecule has 1 heterocycles. The highest BCUT2D eigenvalue weighted by molar-refractivity contribution is 7.99. The zero-order valence-corrected chi connectivity index (χ0v) is 11.0. The van der Waals surface area contributed by atoms with Crippen molar-refractivity contribution < 1.29 is 0 Å². The van der Waals surface area contributed by atoms with Crippen LogP contribution in [0.15, 0.2) is 30.5 Å². The number of thioether (sulfide) groups is 1. The molecule has 1 aromatic heterocycles. The van der Waals surface area contributed by atoms with Crippen molar-refractivity contribution >= 4 is 22.8 Å². The molecule has 3 nitrogen and oxygen atoms in total. The van der Waals surface area contributed by atoms with Crippen molar-refractivity contribution in [1.29, 1.82) is 0 Å². The number of nitrogens with one attached hydrogen (secondary N) is 1. The third kappa shape index (κ3) is 3.41. The van der Waals surface area contributed by atoms with Gasteiger partial charge in [0.15, 0.2) is 0 Å². The highest BCUT2D eigenvalue weighted by atomic mass is 32.2. The first-order chi connectivity index (χ1) is 8.29. The van der Waals surface area contributed by atoms with Crippen LogP contribution in [0.4, 0.5) is 0 Å². The molecule has 0 aliphatic rings. The summed E-state index contributed by atoms with van der Waals surface area (Å²) in [6.07, 6.45) is 3.97. The van der Waals surface area contributed by atoms with Gasteiger partial charge in [-0.25, -0.2) is 4.98 Å². The number of rotatable bonds is 5. The van der Waals surface area contributed by atoms with Crippen LogP contribution in [0.25, 0.3) is 11.0 Å². The first-order valence-electron chi connectivity index (χ1n) is 5.74. The maximum Gasteiger partial charge on any atom is 0.0890 e. The average Bonchev–Trinajstić information content (AvgIpc) is 2.38. The van der Waals surface area contributed by atoms with Gasteiger partial charge in [-0.15, -0.1) is 0 Å². The van der Waals surface area contributed by atoms with Crippen LogP contribution < -0.4 is 5.32 Å². The summed E-state index contributed by atoms with van der Waals surface area (Å²) in [5, 5.41) is 4.02. The van der Waals surface area contributed by atoms with Crippen LogP contribution in [0.3, 0.4) is 0 Å². The Morgan fingerprint density at radius 1 is 1.29 bits per heavy atom. The van der Waals surface area contributed by atoms with Gasteiger partial charge in [0, 0.05) is 18.3 Å². The molecule has 4 heteroatoms. The summed E-state index contributed by atoms with van der Waals surface area (Å²) < 4.78 is 0. The fourth-order valence-electron chi connectivity index (χ4n) is 1.57. The molecule has 0 fully saturated rings. The highest BCUT2D eigenvalue weighted by Gasteiger charge is 2.01. The number of benzene rings is 1. The Morgan fingerprint density at radius 2 is 2.06 bits per heavy atom. The van der Waals surface area contributed by atoms with Crippen LogP contribution in [0, 0.1) is 0 Å². The van der Waals surface area contributed by atoms with E-state index in [9.17, 15) is 0 Å². The van der Waals surface area contributed by atoms with Crippen LogP contribution in [-0.2, 0) is 6.54 Å². The van der Waals surface area contributed by atoms with E-state index in [4.69, 9.17) is 0 Å². The molecule has 0 bridgehead atoms. The van der Waals surface area contributed by atoms with Gasteiger partial charge in [0.1, 0.15) is 0 Å². The SMILES string of the molecule is CSC(C)CNCc1cnc2ccccc2n1. The summed E-state index contributed by atoms with van der Waals surface area (Å²) in [4.78, 5) is 8.96. The van der Waals surface area contributed by atoms with Crippen LogP contribution in [-0.4, -0.2) is 28.0 Å². The molecule has 0 aliphatic carbocycles. The van der Waals surface area contributed by atoms with Crippen molar-refractivity contribution in [2.75, 3.05) is 12.8 Å². The first-order valence-corrected chi connectivity index (χ1v) is 7.02. The van der Waals surface area contributed by atoms with Gasteiger partial charge in [-0.2, -0.15) is 11.8 Å². The van der Waals surface area contributed by atoms with Gasteiger partial charge in [0.05, 0.1) is 22.9 Å². The molecule has 2 aromatic rings. The lowest BCUT2D eigenvalue weighted by molar-refractivity contribution is 0.672. The van der Waals surface area contributed by atoms with Gasteiger partial charge in [0.25, 0.3) is 0 Å². The first kappa shape index (κ1) is 12.3. The number of nitrogens with zero attached hydrogens (tertiary/aromatic N) is 2. The lowest BCUT2D eigenvalue weighted by atomic mass is 10.3. The Bertz CT molecular complexity index is 487. The zero-order chi connectivity index (χ0) is 12.1. The molecule has 2 rings (SSSR count). The van der Waals surface area contributed by atoms with Crippen molar-refractivity contribution in [2.24, 2.45) is 0 Å². The van der Waals surface area contributed by atoms with E-state index in [1.54, 1.807) is 0 Å². The molecule has 0 radical (unpaired) electrons. The predicted octanol–water partition coefficient (Wildman–Crippen LogP) is 2.47. The topological polar surface area (TPSA) is 37.8 Å². The van der Waals surface area contributed by atoms with E-state index in [1.807, 2.05) is 42.2 Å². The van der Waals surface area contributed by atoms with Crippen LogP contribution >= 0.6 is 11.8 Å². The van der Waals surface area contributed by atoms with Crippen molar-refractivity contribution in [3.05, 3.63) is 36.2 Å². The van der Waals surface area contributed by atoms with Gasteiger partial charge in [-0.05, 0) is 18.4 Å². The van der Waals surface area contributed by atoms with Crippen LogP contribution in [0.1, 0.15) is 12.6 Å². The lowest BCUT2D eigenvalue weighted by Gasteiger charge is -2.09. The molecule has 17 heavy (non-hydrogen) atoms. The minimum Gasteiger partial charge on any atom is -0.310 e. The highest BCUT2D eigenvalue weighted by Crippen LogP contribution is 2.08. The monoisotopic (exact) mass is 247 g/mol. The van der Waals surface area contributed by atoms with Crippen molar-refractivity contribution in [3.63, 3.8) is 0 Å². The Hall–Kier alpha value is -1.13. The number of aromatic nitrogens is 2. The van der Waals surface area contributed by atoms with E-state index in [0.29, 0.717) is 5.25 Å². The standard InChI is InChI=1S/C13H17N3S/c1-10(17-2)7-14-8-11-9-15-12-5-3-4-6-13(12)16-11/h3-6,9-10,14H,7-8H2,1-2H3. The Balaban J connectivity index is 1.99. The fourth-order valence-corrected chi connectivity index (χ4v) is 1.85. The normalized spacial score (nSPS) is 12.8. The molecule has 0 saturated carbocycles. The van der Waals surface area contributed by atoms with Crippen LogP contribution in [0.2, 0.25) is 0 Å². The van der Waals surface area contributed by atoms with E-state index in [1.165, 1.54) is 0 Å². The number of para-hydroxylation sites is 2. The van der Waals surface area contributed by atoms with Gasteiger partial charge in [-0.1, -0.05) is 19.1 Å². The smallest absolute Gasteiger partial charge is 0.0890 e. The number of hydrogen-bond donors (Lipinski definition) is 1. The van der Waals surface area contributed by atoms with E-state index in [0.717, 1.165) is 29.8 Å². The third-order valence-corrected chi connectivity index (χ3v) is 3.61.